The molecule has 88 valence electrons. The molecule has 2 atom stereocenters. The van der Waals surface area contributed by atoms with Gasteiger partial charge >= 0.3 is 0 Å². The highest BCUT2D eigenvalue weighted by Crippen LogP contribution is 2.21. The molecule has 0 saturated heterocycles. The summed E-state index contributed by atoms with van der Waals surface area (Å²) in [5, 5.41) is 19.2. The SMILES string of the molecule is COc1ccc(C(O)C(O)CC(N)=O)cc1. The summed E-state index contributed by atoms with van der Waals surface area (Å²) in [6, 6.07) is 6.56. The fourth-order valence-electron chi connectivity index (χ4n) is 1.34. The van der Waals surface area contributed by atoms with Crippen LogP contribution in [0.3, 0.4) is 0 Å². The van der Waals surface area contributed by atoms with Crippen molar-refractivity contribution in [2.24, 2.45) is 5.73 Å². The molecule has 1 aromatic carbocycles. The van der Waals surface area contributed by atoms with Gasteiger partial charge in [-0.25, -0.2) is 0 Å². The van der Waals surface area contributed by atoms with Crippen LogP contribution in [0.5, 0.6) is 5.75 Å². The van der Waals surface area contributed by atoms with Crippen molar-refractivity contribution in [3.63, 3.8) is 0 Å². The molecule has 16 heavy (non-hydrogen) atoms. The van der Waals surface area contributed by atoms with Crippen LogP contribution < -0.4 is 10.5 Å². The van der Waals surface area contributed by atoms with Crippen LogP contribution >= 0.6 is 0 Å². The van der Waals surface area contributed by atoms with E-state index in [2.05, 4.69) is 0 Å². The normalized spacial score (nSPS) is 14.2. The summed E-state index contributed by atoms with van der Waals surface area (Å²) in [4.78, 5) is 10.6. The second-order valence-electron chi connectivity index (χ2n) is 3.46. The minimum absolute atomic E-state index is 0.271. The lowest BCUT2D eigenvalue weighted by Gasteiger charge is -2.16. The molecule has 0 aliphatic heterocycles. The molecule has 0 bridgehead atoms. The first-order chi connectivity index (χ1) is 7.54. The van der Waals surface area contributed by atoms with Crippen LogP contribution in [0.15, 0.2) is 24.3 Å². The number of hydrogen-bond donors (Lipinski definition) is 3. The lowest BCUT2D eigenvalue weighted by Crippen LogP contribution is -2.25. The summed E-state index contributed by atoms with van der Waals surface area (Å²) in [6.45, 7) is 0. The van der Waals surface area contributed by atoms with Crippen molar-refractivity contribution in [2.45, 2.75) is 18.6 Å². The topological polar surface area (TPSA) is 92.8 Å². The molecule has 0 spiro atoms. The van der Waals surface area contributed by atoms with Gasteiger partial charge in [-0.2, -0.15) is 0 Å². The smallest absolute Gasteiger partial charge is 0.220 e. The Hall–Kier alpha value is -1.59. The summed E-state index contributed by atoms with van der Waals surface area (Å²) in [7, 11) is 1.54. The monoisotopic (exact) mass is 225 g/mol. The first-order valence-electron chi connectivity index (χ1n) is 4.83. The maximum atomic E-state index is 10.6. The largest absolute Gasteiger partial charge is 0.497 e. The zero-order chi connectivity index (χ0) is 12.1. The Kier molecular flexibility index (Phi) is 4.28. The van der Waals surface area contributed by atoms with Gasteiger partial charge in [-0.15, -0.1) is 0 Å². The van der Waals surface area contributed by atoms with Gasteiger partial charge in [-0.1, -0.05) is 12.1 Å². The third kappa shape index (κ3) is 3.22. The van der Waals surface area contributed by atoms with E-state index in [0.717, 1.165) is 0 Å². The molecular weight excluding hydrogens is 210 g/mol. The zero-order valence-electron chi connectivity index (χ0n) is 8.96. The molecule has 0 aromatic heterocycles. The summed E-state index contributed by atoms with van der Waals surface area (Å²) in [6.07, 6.45) is -2.59. The molecule has 0 fully saturated rings. The molecule has 4 N–H and O–H groups in total. The molecule has 0 saturated carbocycles. The number of hydrogen-bond acceptors (Lipinski definition) is 4. The molecular formula is C11H15NO4. The van der Waals surface area contributed by atoms with E-state index in [1.54, 1.807) is 24.3 Å². The Balaban J connectivity index is 2.71. The number of ether oxygens (including phenoxy) is 1. The van der Waals surface area contributed by atoms with Crippen LogP contribution in [0.4, 0.5) is 0 Å². The van der Waals surface area contributed by atoms with Crippen LogP contribution in [0.1, 0.15) is 18.1 Å². The fourth-order valence-corrected chi connectivity index (χ4v) is 1.34. The van der Waals surface area contributed by atoms with E-state index in [9.17, 15) is 15.0 Å². The maximum Gasteiger partial charge on any atom is 0.220 e. The van der Waals surface area contributed by atoms with Gasteiger partial charge < -0.3 is 20.7 Å². The van der Waals surface area contributed by atoms with Crippen molar-refractivity contribution in [3.8, 4) is 5.75 Å². The van der Waals surface area contributed by atoms with Crippen LogP contribution in [0.2, 0.25) is 0 Å². The second-order valence-corrected chi connectivity index (χ2v) is 3.46. The molecule has 0 radical (unpaired) electrons. The summed E-state index contributed by atoms with van der Waals surface area (Å²) >= 11 is 0. The third-order valence-electron chi connectivity index (χ3n) is 2.23. The third-order valence-corrected chi connectivity index (χ3v) is 2.23. The minimum atomic E-state index is -1.19. The maximum absolute atomic E-state index is 10.6. The predicted molar refractivity (Wildman–Crippen MR) is 57.8 cm³/mol. The molecule has 0 aliphatic carbocycles. The first-order valence-corrected chi connectivity index (χ1v) is 4.83. The molecule has 1 aromatic rings. The Labute approximate surface area is 93.5 Å². The van der Waals surface area contributed by atoms with E-state index in [4.69, 9.17) is 10.5 Å². The minimum Gasteiger partial charge on any atom is -0.497 e. The van der Waals surface area contributed by atoms with Crippen molar-refractivity contribution >= 4 is 5.91 Å². The van der Waals surface area contributed by atoms with Crippen LogP contribution in [-0.2, 0) is 4.79 Å². The number of carbonyl (C=O) groups is 1. The van der Waals surface area contributed by atoms with Crippen molar-refractivity contribution in [2.75, 3.05) is 7.11 Å². The van der Waals surface area contributed by atoms with Gasteiger partial charge in [-0.3, -0.25) is 4.79 Å². The average Bonchev–Trinajstić information content (AvgIpc) is 2.27. The predicted octanol–water partition coefficient (Wildman–Crippen LogP) is -0.0351. The van der Waals surface area contributed by atoms with E-state index in [1.807, 2.05) is 0 Å². The highest BCUT2D eigenvalue weighted by Gasteiger charge is 2.20. The van der Waals surface area contributed by atoms with Crippen molar-refractivity contribution in [1.82, 2.24) is 0 Å². The summed E-state index contributed by atoms with van der Waals surface area (Å²) in [5.41, 5.74) is 5.43. The van der Waals surface area contributed by atoms with Gasteiger partial charge in [-0.05, 0) is 17.7 Å². The Bertz CT molecular complexity index is 350. The number of carbonyl (C=O) groups excluding carboxylic acids is 1. The lowest BCUT2D eigenvalue weighted by molar-refractivity contribution is -0.121. The van der Waals surface area contributed by atoms with Gasteiger partial charge in [0.05, 0.1) is 19.6 Å². The van der Waals surface area contributed by atoms with Gasteiger partial charge in [0.15, 0.2) is 0 Å². The van der Waals surface area contributed by atoms with Gasteiger partial charge in [0.25, 0.3) is 0 Å². The van der Waals surface area contributed by atoms with Crippen LogP contribution in [-0.4, -0.2) is 29.3 Å². The van der Waals surface area contributed by atoms with E-state index in [-0.39, 0.29) is 6.42 Å². The van der Waals surface area contributed by atoms with Gasteiger partial charge in [0.1, 0.15) is 11.9 Å². The lowest BCUT2D eigenvalue weighted by atomic mass is 10.0. The number of rotatable bonds is 5. The van der Waals surface area contributed by atoms with E-state index in [1.165, 1.54) is 7.11 Å². The number of nitrogens with two attached hydrogens (primary N) is 1. The Morgan fingerprint density at radius 2 is 1.94 bits per heavy atom. The highest BCUT2D eigenvalue weighted by atomic mass is 16.5. The number of amides is 1. The van der Waals surface area contributed by atoms with Crippen LogP contribution in [0, 0.1) is 0 Å². The standard InChI is InChI=1S/C11H15NO4/c1-16-8-4-2-7(3-5-8)11(15)9(13)6-10(12)14/h2-5,9,11,13,15H,6H2,1H3,(H2,12,14). The van der Waals surface area contributed by atoms with Gasteiger partial charge in [0.2, 0.25) is 5.91 Å². The Morgan fingerprint density at radius 3 is 2.38 bits per heavy atom. The van der Waals surface area contributed by atoms with Crippen molar-refractivity contribution < 1.29 is 19.7 Å². The molecule has 1 amide bonds. The first kappa shape index (κ1) is 12.5. The molecule has 0 aliphatic rings. The van der Waals surface area contributed by atoms with E-state index in [0.29, 0.717) is 11.3 Å². The summed E-state index contributed by atoms with van der Waals surface area (Å²) in [5.74, 6) is 0.000373. The number of methoxy groups -OCH3 is 1. The fraction of sp³-hybridized carbons (Fsp3) is 0.364. The quantitative estimate of drug-likeness (QED) is 0.655. The highest BCUT2D eigenvalue weighted by molar-refractivity contribution is 5.74. The summed E-state index contributed by atoms with van der Waals surface area (Å²) < 4.78 is 4.96. The molecule has 1 rings (SSSR count). The van der Waals surface area contributed by atoms with Crippen LogP contribution in [0.25, 0.3) is 0 Å². The molecule has 5 heteroatoms. The van der Waals surface area contributed by atoms with Crippen molar-refractivity contribution in [3.05, 3.63) is 29.8 Å². The number of aliphatic hydroxyl groups excluding tert-OH is 2. The number of aliphatic hydroxyl groups is 2. The van der Waals surface area contributed by atoms with Gasteiger partial charge in [0, 0.05) is 0 Å². The zero-order valence-corrected chi connectivity index (χ0v) is 8.96. The van der Waals surface area contributed by atoms with E-state index >= 15 is 0 Å². The number of primary amides is 1. The van der Waals surface area contributed by atoms with Crippen molar-refractivity contribution in [1.29, 1.82) is 0 Å². The molecule has 0 heterocycles. The average molecular weight is 225 g/mol. The number of benzene rings is 1. The molecule has 5 nitrogen and oxygen atoms in total. The molecule has 2 unspecified atom stereocenters. The van der Waals surface area contributed by atoms with E-state index < -0.39 is 18.1 Å². The Morgan fingerprint density at radius 1 is 1.38 bits per heavy atom. The second kappa shape index (κ2) is 5.48.